The molecule has 0 amide bonds. The number of aromatic hydroxyl groups is 1. The van der Waals surface area contributed by atoms with Crippen molar-refractivity contribution >= 4 is 0 Å². The van der Waals surface area contributed by atoms with Crippen molar-refractivity contribution in [3.05, 3.63) is 28.8 Å². The topological polar surface area (TPSA) is 41.5 Å². The molecule has 1 aromatic rings. The van der Waals surface area contributed by atoms with Crippen molar-refractivity contribution in [3.63, 3.8) is 0 Å². The highest BCUT2D eigenvalue weighted by molar-refractivity contribution is 5.47. The van der Waals surface area contributed by atoms with Crippen molar-refractivity contribution in [1.82, 2.24) is 5.32 Å². The van der Waals surface area contributed by atoms with Crippen LogP contribution in [-0.2, 0) is 22.1 Å². The highest BCUT2D eigenvalue weighted by atomic mass is 16.5. The molecule has 0 unspecified atom stereocenters. The summed E-state index contributed by atoms with van der Waals surface area (Å²) in [6, 6.07) is 4.70. The normalized spacial score (nSPS) is 17.5. The predicted molar refractivity (Wildman–Crippen MR) is 96.2 cm³/mol. The van der Waals surface area contributed by atoms with Gasteiger partial charge in [0.25, 0.3) is 0 Å². The highest BCUT2D eigenvalue weighted by Crippen LogP contribution is 2.36. The Hall–Kier alpha value is -1.06. The summed E-state index contributed by atoms with van der Waals surface area (Å²) in [4.78, 5) is 0. The van der Waals surface area contributed by atoms with Crippen LogP contribution < -0.4 is 5.32 Å². The van der Waals surface area contributed by atoms with E-state index < -0.39 is 0 Å². The van der Waals surface area contributed by atoms with Gasteiger partial charge in [0, 0.05) is 31.4 Å². The van der Waals surface area contributed by atoms with Crippen molar-refractivity contribution in [1.29, 1.82) is 0 Å². The van der Waals surface area contributed by atoms with Gasteiger partial charge in [0.2, 0.25) is 0 Å². The van der Waals surface area contributed by atoms with Crippen LogP contribution in [0.1, 0.15) is 71.1 Å². The average molecular weight is 319 g/mol. The number of phenolic OH excluding ortho intramolecular Hbond substituents is 1. The second-order valence-electron chi connectivity index (χ2n) is 8.79. The van der Waals surface area contributed by atoms with Gasteiger partial charge in [-0.2, -0.15) is 0 Å². The van der Waals surface area contributed by atoms with Gasteiger partial charge in [0.05, 0.1) is 0 Å². The van der Waals surface area contributed by atoms with Crippen LogP contribution in [0.4, 0.5) is 0 Å². The molecule has 1 aliphatic rings. The van der Waals surface area contributed by atoms with Gasteiger partial charge < -0.3 is 15.2 Å². The first-order valence-electron chi connectivity index (χ1n) is 8.77. The quantitative estimate of drug-likeness (QED) is 0.875. The molecule has 0 aromatic heterocycles. The zero-order chi connectivity index (χ0) is 17.3. The third kappa shape index (κ3) is 4.71. The summed E-state index contributed by atoms with van der Waals surface area (Å²) in [5.41, 5.74) is 3.50. The van der Waals surface area contributed by atoms with E-state index in [-0.39, 0.29) is 10.8 Å². The summed E-state index contributed by atoms with van der Waals surface area (Å²) in [7, 11) is 0. The Kier molecular flexibility index (Phi) is 5.42. The molecular formula is C20H33NO2. The maximum Gasteiger partial charge on any atom is 0.120 e. The van der Waals surface area contributed by atoms with Gasteiger partial charge in [-0.15, -0.1) is 0 Å². The summed E-state index contributed by atoms with van der Waals surface area (Å²) in [6.45, 7) is 15.6. The maximum absolute atomic E-state index is 10.7. The molecule has 0 spiro atoms. The monoisotopic (exact) mass is 319 g/mol. The minimum Gasteiger partial charge on any atom is -0.508 e. The van der Waals surface area contributed by atoms with E-state index >= 15 is 0 Å². The number of ether oxygens (including phenoxy) is 1. The largest absolute Gasteiger partial charge is 0.508 e. The fraction of sp³-hybridized carbons (Fsp3) is 0.700. The van der Waals surface area contributed by atoms with Crippen molar-refractivity contribution in [2.45, 2.75) is 77.8 Å². The summed E-state index contributed by atoms with van der Waals surface area (Å²) in [5, 5.41) is 14.3. The van der Waals surface area contributed by atoms with Gasteiger partial charge in [0.1, 0.15) is 5.75 Å². The van der Waals surface area contributed by atoms with Gasteiger partial charge >= 0.3 is 0 Å². The van der Waals surface area contributed by atoms with Crippen molar-refractivity contribution in [3.8, 4) is 5.75 Å². The highest BCUT2D eigenvalue weighted by Gasteiger charge is 2.25. The second kappa shape index (κ2) is 6.82. The SMILES string of the molecule is CC(C)(C)c1cc(O)c(CNC2CCOCC2)c(C(C)(C)C)c1. The molecule has 23 heavy (non-hydrogen) atoms. The number of hydrogen-bond acceptors (Lipinski definition) is 3. The van der Waals surface area contributed by atoms with E-state index in [1.165, 1.54) is 11.1 Å². The number of phenols is 1. The van der Waals surface area contributed by atoms with E-state index in [0.717, 1.165) is 31.6 Å². The van der Waals surface area contributed by atoms with Crippen molar-refractivity contribution in [2.24, 2.45) is 0 Å². The van der Waals surface area contributed by atoms with Crippen LogP contribution in [0.2, 0.25) is 0 Å². The number of nitrogens with one attached hydrogen (secondary N) is 1. The van der Waals surface area contributed by atoms with Gasteiger partial charge in [-0.1, -0.05) is 47.6 Å². The van der Waals surface area contributed by atoms with Gasteiger partial charge in [-0.25, -0.2) is 0 Å². The Balaban J connectivity index is 2.29. The first-order chi connectivity index (χ1) is 10.6. The molecule has 0 aliphatic carbocycles. The maximum atomic E-state index is 10.7. The Labute approximate surface area is 141 Å². The zero-order valence-corrected chi connectivity index (χ0v) is 15.6. The standard InChI is InChI=1S/C20H33NO2/c1-19(2,3)14-11-17(20(4,5)6)16(18(22)12-14)13-21-15-7-9-23-10-8-15/h11-12,15,21-22H,7-10,13H2,1-6H3. The van der Waals surface area contributed by atoms with E-state index in [1.54, 1.807) is 0 Å². The van der Waals surface area contributed by atoms with Crippen LogP contribution in [-0.4, -0.2) is 24.4 Å². The van der Waals surface area contributed by atoms with Gasteiger partial charge in [0.15, 0.2) is 0 Å². The third-order valence-corrected chi connectivity index (χ3v) is 4.69. The molecule has 1 heterocycles. The molecule has 2 N–H and O–H groups in total. The van der Waals surface area contributed by atoms with E-state index in [9.17, 15) is 5.11 Å². The van der Waals surface area contributed by atoms with Gasteiger partial charge in [-0.3, -0.25) is 0 Å². The van der Waals surface area contributed by atoms with Crippen LogP contribution in [0.3, 0.4) is 0 Å². The first kappa shape index (κ1) is 18.3. The average Bonchev–Trinajstić information content (AvgIpc) is 2.44. The lowest BCUT2D eigenvalue weighted by atomic mass is 9.78. The zero-order valence-electron chi connectivity index (χ0n) is 15.6. The number of rotatable bonds is 3. The van der Waals surface area contributed by atoms with Crippen LogP contribution >= 0.6 is 0 Å². The van der Waals surface area contributed by atoms with Crippen molar-refractivity contribution < 1.29 is 9.84 Å². The molecule has 3 nitrogen and oxygen atoms in total. The fourth-order valence-electron chi connectivity index (χ4n) is 3.09. The minimum atomic E-state index is 0.00539. The van der Waals surface area contributed by atoms with Crippen LogP contribution in [0.5, 0.6) is 5.75 Å². The first-order valence-corrected chi connectivity index (χ1v) is 8.77. The Morgan fingerprint density at radius 3 is 2.17 bits per heavy atom. The third-order valence-electron chi connectivity index (χ3n) is 4.69. The molecule has 2 rings (SSSR count). The Bertz CT molecular complexity index is 532. The van der Waals surface area contributed by atoms with Crippen molar-refractivity contribution in [2.75, 3.05) is 13.2 Å². The summed E-state index contributed by atoms with van der Waals surface area (Å²) >= 11 is 0. The van der Waals surface area contributed by atoms with E-state index in [0.29, 0.717) is 18.3 Å². The van der Waals surface area contributed by atoms with Gasteiger partial charge in [-0.05, 0) is 40.9 Å². The summed E-state index contributed by atoms with van der Waals surface area (Å²) in [5.74, 6) is 0.418. The molecule has 1 aliphatic heterocycles. The van der Waals surface area contributed by atoms with E-state index in [1.807, 2.05) is 6.07 Å². The Morgan fingerprint density at radius 2 is 1.65 bits per heavy atom. The molecular weight excluding hydrogens is 286 g/mol. The molecule has 0 atom stereocenters. The number of benzene rings is 1. The number of hydrogen-bond donors (Lipinski definition) is 2. The van der Waals surface area contributed by atoms with E-state index in [4.69, 9.17) is 4.74 Å². The second-order valence-corrected chi connectivity index (χ2v) is 8.79. The van der Waals surface area contributed by atoms with Crippen LogP contribution in [0, 0.1) is 0 Å². The molecule has 0 bridgehead atoms. The molecule has 1 saturated heterocycles. The molecule has 0 saturated carbocycles. The van der Waals surface area contributed by atoms with Crippen LogP contribution in [0.25, 0.3) is 0 Å². The van der Waals surface area contributed by atoms with E-state index in [2.05, 4.69) is 52.9 Å². The van der Waals surface area contributed by atoms with Crippen LogP contribution in [0.15, 0.2) is 12.1 Å². The molecule has 1 fully saturated rings. The molecule has 3 heteroatoms. The lowest BCUT2D eigenvalue weighted by Crippen LogP contribution is -2.35. The lowest BCUT2D eigenvalue weighted by molar-refractivity contribution is 0.0775. The Morgan fingerprint density at radius 1 is 1.04 bits per heavy atom. The smallest absolute Gasteiger partial charge is 0.120 e. The summed E-state index contributed by atoms with van der Waals surface area (Å²) in [6.07, 6.45) is 2.09. The molecule has 1 aromatic carbocycles. The predicted octanol–water partition coefficient (Wildman–Crippen LogP) is 4.26. The summed E-state index contributed by atoms with van der Waals surface area (Å²) < 4.78 is 5.42. The molecule has 0 radical (unpaired) electrons. The minimum absolute atomic E-state index is 0.00539. The molecule has 130 valence electrons. The lowest BCUT2D eigenvalue weighted by Gasteiger charge is -2.30. The fourth-order valence-corrected chi connectivity index (χ4v) is 3.09.